The van der Waals surface area contributed by atoms with Crippen LogP contribution in [0.2, 0.25) is 0 Å². The quantitative estimate of drug-likeness (QED) is 0.854. The molecule has 0 aliphatic carbocycles. The molecule has 17 heavy (non-hydrogen) atoms. The Bertz CT molecular complexity index is 546. The van der Waals surface area contributed by atoms with Crippen LogP contribution in [-0.2, 0) is 0 Å². The van der Waals surface area contributed by atoms with E-state index in [9.17, 15) is 4.79 Å². The molecule has 3 heterocycles. The largest absolute Gasteiger partial charge is 0.475 e. The fraction of sp³-hybridized carbons (Fsp3) is 0.182. The number of furan rings is 2. The number of aromatic carboxylic acids is 1. The zero-order valence-corrected chi connectivity index (χ0v) is 9.49. The maximum atomic E-state index is 10.8. The smallest absolute Gasteiger partial charge is 0.371 e. The summed E-state index contributed by atoms with van der Waals surface area (Å²) in [5, 5.41) is 12.7. The summed E-state index contributed by atoms with van der Waals surface area (Å²) in [5.41, 5.74) is 0.732. The second-order valence-corrected chi connectivity index (χ2v) is 4.80. The van der Waals surface area contributed by atoms with Gasteiger partial charge < -0.3 is 19.3 Å². The van der Waals surface area contributed by atoms with Gasteiger partial charge in [0.25, 0.3) is 0 Å². The Labute approximate surface area is 101 Å². The number of carboxylic acid groups (broad SMARTS) is 1. The third-order valence-corrected chi connectivity index (χ3v) is 3.70. The molecule has 0 amide bonds. The normalized spacial score (nSPS) is 18.5. The molecule has 3 rings (SSSR count). The summed E-state index contributed by atoms with van der Waals surface area (Å²) in [4.78, 5) is 10.8. The van der Waals surface area contributed by atoms with Gasteiger partial charge in [0.1, 0.15) is 5.76 Å². The molecule has 88 valence electrons. The van der Waals surface area contributed by atoms with Crippen LogP contribution in [0.1, 0.15) is 21.6 Å². The van der Waals surface area contributed by atoms with Crippen molar-refractivity contribution in [2.24, 2.45) is 0 Å². The van der Waals surface area contributed by atoms with Crippen molar-refractivity contribution in [3.05, 3.63) is 36.0 Å². The van der Waals surface area contributed by atoms with Gasteiger partial charge in [0.15, 0.2) is 5.09 Å². The predicted octanol–water partition coefficient (Wildman–Crippen LogP) is 2.83. The van der Waals surface area contributed by atoms with Crippen molar-refractivity contribution in [2.45, 2.75) is 10.3 Å². The van der Waals surface area contributed by atoms with E-state index in [0.29, 0.717) is 11.6 Å². The molecular weight excluding hydrogens is 242 g/mol. The van der Waals surface area contributed by atoms with E-state index in [4.69, 9.17) is 13.9 Å². The number of nitrogens with one attached hydrogen (secondary N) is 1. The van der Waals surface area contributed by atoms with E-state index in [1.165, 1.54) is 17.8 Å². The van der Waals surface area contributed by atoms with Crippen LogP contribution >= 0.6 is 11.8 Å². The first-order valence-electron chi connectivity index (χ1n) is 5.05. The predicted molar refractivity (Wildman–Crippen MR) is 61.5 cm³/mol. The van der Waals surface area contributed by atoms with Crippen LogP contribution in [0.4, 0.5) is 5.69 Å². The van der Waals surface area contributed by atoms with Crippen LogP contribution in [0, 0.1) is 0 Å². The lowest BCUT2D eigenvalue weighted by Crippen LogP contribution is -2.13. The Kier molecular flexibility index (Phi) is 2.36. The number of hydrogen-bond acceptors (Lipinski definition) is 5. The highest BCUT2D eigenvalue weighted by Crippen LogP contribution is 2.44. The van der Waals surface area contributed by atoms with Crippen molar-refractivity contribution in [3.63, 3.8) is 0 Å². The first-order valence-corrected chi connectivity index (χ1v) is 5.93. The number of anilines is 1. The molecule has 1 atom stereocenters. The topological polar surface area (TPSA) is 75.6 Å². The maximum absolute atomic E-state index is 10.8. The Morgan fingerprint density at radius 3 is 3.18 bits per heavy atom. The molecule has 0 saturated heterocycles. The molecule has 2 aromatic rings. The van der Waals surface area contributed by atoms with Crippen molar-refractivity contribution in [2.75, 3.05) is 11.9 Å². The van der Waals surface area contributed by atoms with Crippen LogP contribution in [0.5, 0.6) is 0 Å². The summed E-state index contributed by atoms with van der Waals surface area (Å²) in [6, 6.07) is 5.23. The molecule has 0 bridgehead atoms. The minimum Gasteiger partial charge on any atom is -0.475 e. The molecule has 0 radical (unpaired) electrons. The van der Waals surface area contributed by atoms with Gasteiger partial charge in [-0.3, -0.25) is 0 Å². The van der Waals surface area contributed by atoms with Gasteiger partial charge in [0.05, 0.1) is 17.2 Å². The van der Waals surface area contributed by atoms with Gasteiger partial charge in [-0.05, 0) is 12.1 Å². The highest BCUT2D eigenvalue weighted by atomic mass is 32.2. The number of rotatable bonds is 2. The highest BCUT2D eigenvalue weighted by molar-refractivity contribution is 7.99. The van der Waals surface area contributed by atoms with Crippen LogP contribution in [0.15, 0.2) is 38.4 Å². The van der Waals surface area contributed by atoms with Gasteiger partial charge in [0.2, 0.25) is 5.76 Å². The van der Waals surface area contributed by atoms with E-state index in [0.717, 1.165) is 11.4 Å². The van der Waals surface area contributed by atoms with Crippen LogP contribution in [-0.4, -0.2) is 17.6 Å². The van der Waals surface area contributed by atoms with Gasteiger partial charge in [-0.25, -0.2) is 4.79 Å². The van der Waals surface area contributed by atoms with Gasteiger partial charge in [-0.1, -0.05) is 11.8 Å². The zero-order chi connectivity index (χ0) is 11.8. The van der Waals surface area contributed by atoms with Gasteiger partial charge >= 0.3 is 5.97 Å². The monoisotopic (exact) mass is 251 g/mol. The Morgan fingerprint density at radius 2 is 2.47 bits per heavy atom. The van der Waals surface area contributed by atoms with E-state index >= 15 is 0 Å². The molecule has 0 fully saturated rings. The van der Waals surface area contributed by atoms with Crippen molar-refractivity contribution >= 4 is 23.4 Å². The molecule has 1 aliphatic rings. The number of hydrogen-bond donors (Lipinski definition) is 2. The van der Waals surface area contributed by atoms with Crippen LogP contribution in [0.3, 0.4) is 0 Å². The van der Waals surface area contributed by atoms with Gasteiger partial charge in [-0.2, -0.15) is 0 Å². The third kappa shape index (κ3) is 1.80. The molecule has 0 spiro atoms. The summed E-state index contributed by atoms with van der Waals surface area (Å²) in [7, 11) is 0. The maximum Gasteiger partial charge on any atom is 0.371 e. The number of carbonyl (C=O) groups is 1. The molecule has 2 N–H and O–H groups in total. The Morgan fingerprint density at radius 1 is 1.59 bits per heavy atom. The molecular formula is C11H9NO4S. The lowest BCUT2D eigenvalue weighted by molar-refractivity contribution is 0.0656. The molecule has 1 unspecified atom stereocenters. The average Bonchev–Trinajstić information content (AvgIpc) is 2.97. The lowest BCUT2D eigenvalue weighted by atomic mass is 10.3. The van der Waals surface area contributed by atoms with Crippen molar-refractivity contribution in [3.8, 4) is 0 Å². The second-order valence-electron chi connectivity index (χ2n) is 3.62. The number of thioether (sulfide) groups is 1. The number of carboxylic acids is 1. The standard InChI is InChI=1S/C11H9NO4S/c13-10(14)8-4-6-11(16-8)17-9(5-12-6)7-2-1-3-15-7/h1-4,9,12H,5H2,(H,13,14). The minimum atomic E-state index is -1.06. The summed E-state index contributed by atoms with van der Waals surface area (Å²) >= 11 is 1.47. The minimum absolute atomic E-state index is 0.0462. The van der Waals surface area contributed by atoms with Crippen molar-refractivity contribution < 1.29 is 18.7 Å². The first kappa shape index (κ1) is 10.3. The molecule has 2 aromatic heterocycles. The van der Waals surface area contributed by atoms with E-state index < -0.39 is 5.97 Å². The van der Waals surface area contributed by atoms with Crippen molar-refractivity contribution in [1.82, 2.24) is 0 Å². The molecule has 0 aromatic carbocycles. The SMILES string of the molecule is O=C(O)c1cc2c(o1)SC(c1ccco1)CN2. The summed E-state index contributed by atoms with van der Waals surface area (Å²) in [6.07, 6.45) is 1.62. The Balaban J connectivity index is 1.88. The van der Waals surface area contributed by atoms with Gasteiger partial charge in [0, 0.05) is 12.6 Å². The Hall–Kier alpha value is -1.82. The summed E-state index contributed by atoms with van der Waals surface area (Å²) < 4.78 is 10.6. The van der Waals surface area contributed by atoms with E-state index in [1.54, 1.807) is 6.26 Å². The lowest BCUT2D eigenvalue weighted by Gasteiger charge is -2.19. The molecule has 6 heteroatoms. The number of fused-ring (bicyclic) bond motifs is 1. The summed E-state index contributed by atoms with van der Waals surface area (Å²) in [6.45, 7) is 0.684. The van der Waals surface area contributed by atoms with Crippen LogP contribution < -0.4 is 5.32 Å². The van der Waals surface area contributed by atoms with Crippen LogP contribution in [0.25, 0.3) is 0 Å². The molecule has 5 nitrogen and oxygen atoms in total. The highest BCUT2D eigenvalue weighted by Gasteiger charge is 2.27. The second kappa shape index (κ2) is 3.89. The third-order valence-electron chi connectivity index (χ3n) is 2.50. The summed E-state index contributed by atoms with van der Waals surface area (Å²) in [5.74, 6) is -0.257. The van der Waals surface area contributed by atoms with E-state index in [2.05, 4.69) is 5.32 Å². The van der Waals surface area contributed by atoms with Crippen molar-refractivity contribution in [1.29, 1.82) is 0 Å². The van der Waals surface area contributed by atoms with E-state index in [-0.39, 0.29) is 11.0 Å². The average molecular weight is 251 g/mol. The van der Waals surface area contributed by atoms with E-state index in [1.807, 2.05) is 12.1 Å². The molecule has 0 saturated carbocycles. The fourth-order valence-electron chi connectivity index (χ4n) is 1.70. The van der Waals surface area contributed by atoms with Gasteiger partial charge in [-0.15, -0.1) is 0 Å². The first-order chi connectivity index (χ1) is 8.24. The molecule has 1 aliphatic heterocycles. The zero-order valence-electron chi connectivity index (χ0n) is 8.67. The fourth-order valence-corrected chi connectivity index (χ4v) is 2.77.